The van der Waals surface area contributed by atoms with E-state index in [0.29, 0.717) is 5.92 Å². The van der Waals surface area contributed by atoms with Crippen LogP contribution in [0.15, 0.2) is 39.0 Å². The van der Waals surface area contributed by atoms with Gasteiger partial charge in [0.25, 0.3) is 0 Å². The van der Waals surface area contributed by atoms with Gasteiger partial charge in [0.1, 0.15) is 5.51 Å². The normalized spacial score (nSPS) is 26.1. The topological polar surface area (TPSA) is 66.9 Å². The van der Waals surface area contributed by atoms with Crippen LogP contribution in [0, 0.1) is 11.3 Å². The molecule has 1 saturated carbocycles. The summed E-state index contributed by atoms with van der Waals surface area (Å²) < 4.78 is 0.924. The third-order valence-corrected chi connectivity index (χ3v) is 6.93. The van der Waals surface area contributed by atoms with Crippen LogP contribution in [-0.2, 0) is 4.79 Å². The number of benzene rings is 1. The van der Waals surface area contributed by atoms with E-state index < -0.39 is 0 Å². The Bertz CT molecular complexity index is 704. The summed E-state index contributed by atoms with van der Waals surface area (Å²) in [6.45, 7) is 1.79. The average Bonchev–Trinajstić information content (AvgIpc) is 3.26. The number of carbonyl (C=O) groups excluding carboxylic acids is 1. The Morgan fingerprint density at radius 1 is 1.33 bits per heavy atom. The zero-order valence-corrected chi connectivity index (χ0v) is 15.0. The van der Waals surface area contributed by atoms with Crippen molar-refractivity contribution in [2.45, 2.75) is 34.9 Å². The molecule has 1 aromatic carbocycles. The summed E-state index contributed by atoms with van der Waals surface area (Å²) in [5, 5.41) is 14.5. The minimum absolute atomic E-state index is 0.182. The monoisotopic (exact) mass is 360 g/mol. The second-order valence-corrected chi connectivity index (χ2v) is 8.67. The quantitative estimate of drug-likeness (QED) is 0.875. The fourth-order valence-electron chi connectivity index (χ4n) is 3.86. The van der Waals surface area contributed by atoms with Gasteiger partial charge in [-0.1, -0.05) is 35.9 Å². The van der Waals surface area contributed by atoms with E-state index >= 15 is 0 Å². The number of amides is 1. The second-order valence-electron chi connectivity index (χ2n) is 6.51. The van der Waals surface area contributed by atoms with Gasteiger partial charge in [0, 0.05) is 17.1 Å². The summed E-state index contributed by atoms with van der Waals surface area (Å²) in [7, 11) is 0. The van der Waals surface area contributed by atoms with Crippen LogP contribution in [0.3, 0.4) is 0 Å². The zero-order chi connectivity index (χ0) is 16.4. The van der Waals surface area contributed by atoms with Crippen LogP contribution in [0.4, 0.5) is 5.69 Å². The number of hydrogen-bond acceptors (Lipinski definition) is 6. The van der Waals surface area contributed by atoms with Gasteiger partial charge in [-0.15, -0.1) is 10.2 Å². The largest absolute Gasteiger partial charge is 0.326 e. The maximum atomic E-state index is 12.9. The minimum atomic E-state index is -0.210. The van der Waals surface area contributed by atoms with Crippen LogP contribution in [0.5, 0.6) is 0 Å². The molecule has 1 aliphatic carbocycles. The highest BCUT2D eigenvalue weighted by Crippen LogP contribution is 2.44. The number of rotatable bonds is 4. The van der Waals surface area contributed by atoms with Crippen LogP contribution in [0.25, 0.3) is 0 Å². The maximum Gasteiger partial charge on any atom is 0.232 e. The number of aromatic nitrogens is 2. The summed E-state index contributed by atoms with van der Waals surface area (Å²) in [5.41, 5.74) is 2.39. The molecule has 4 rings (SSSR count). The van der Waals surface area contributed by atoms with Gasteiger partial charge in [0.15, 0.2) is 4.34 Å². The lowest BCUT2D eigenvalue weighted by molar-refractivity contribution is -0.128. The molecule has 1 saturated heterocycles. The van der Waals surface area contributed by atoms with Crippen molar-refractivity contribution in [2.75, 3.05) is 18.4 Å². The van der Waals surface area contributed by atoms with Gasteiger partial charge in [0.05, 0.1) is 5.41 Å². The first-order chi connectivity index (χ1) is 11.8. The molecule has 2 fully saturated rings. The Morgan fingerprint density at radius 2 is 2.21 bits per heavy atom. The lowest BCUT2D eigenvalue weighted by Gasteiger charge is -2.37. The van der Waals surface area contributed by atoms with Gasteiger partial charge < -0.3 is 10.6 Å². The Hall–Kier alpha value is -1.44. The maximum absolute atomic E-state index is 12.9. The molecule has 7 heteroatoms. The molecule has 1 aliphatic heterocycles. The van der Waals surface area contributed by atoms with Crippen molar-refractivity contribution in [3.63, 3.8) is 0 Å². The molecule has 0 unspecified atom stereocenters. The molecule has 126 valence electrons. The van der Waals surface area contributed by atoms with Crippen LogP contribution in [-0.4, -0.2) is 29.2 Å². The van der Waals surface area contributed by atoms with Crippen molar-refractivity contribution >= 4 is 34.7 Å². The van der Waals surface area contributed by atoms with Gasteiger partial charge in [-0.25, -0.2) is 0 Å². The first-order valence-corrected chi connectivity index (χ1v) is 10.0. The molecule has 1 aromatic heterocycles. The summed E-state index contributed by atoms with van der Waals surface area (Å²) in [4.78, 5) is 14.0. The number of carbonyl (C=O) groups is 1. The van der Waals surface area contributed by atoms with E-state index in [9.17, 15) is 4.79 Å². The first kappa shape index (κ1) is 16.1. The second kappa shape index (κ2) is 6.82. The Balaban J connectivity index is 1.44. The van der Waals surface area contributed by atoms with Crippen LogP contribution in [0.2, 0.25) is 0 Å². The molecule has 2 aromatic rings. The molecule has 0 spiro atoms. The first-order valence-electron chi connectivity index (χ1n) is 8.32. The highest BCUT2D eigenvalue weighted by Gasteiger charge is 2.49. The van der Waals surface area contributed by atoms with Gasteiger partial charge in [-0.05, 0) is 49.6 Å². The number of nitrogens with one attached hydrogen (secondary N) is 2. The van der Waals surface area contributed by atoms with Gasteiger partial charge in [-0.3, -0.25) is 4.79 Å². The van der Waals surface area contributed by atoms with Crippen LogP contribution in [0.1, 0.15) is 25.7 Å². The Labute approximate surface area is 149 Å². The average molecular weight is 361 g/mol. The van der Waals surface area contributed by atoms with E-state index in [1.54, 1.807) is 17.3 Å². The summed E-state index contributed by atoms with van der Waals surface area (Å²) in [5.74, 6) is 0.667. The molecular weight excluding hydrogens is 340 g/mol. The predicted molar refractivity (Wildman–Crippen MR) is 96.4 cm³/mol. The van der Waals surface area contributed by atoms with E-state index in [-0.39, 0.29) is 11.3 Å². The van der Waals surface area contributed by atoms with Crippen molar-refractivity contribution in [2.24, 2.45) is 11.3 Å². The van der Waals surface area contributed by atoms with E-state index in [4.69, 9.17) is 0 Å². The molecule has 2 heterocycles. The molecule has 0 bridgehead atoms. The molecule has 2 N–H and O–H groups in total. The van der Waals surface area contributed by atoms with Gasteiger partial charge in [-0.2, -0.15) is 0 Å². The molecule has 2 aliphatic rings. The van der Waals surface area contributed by atoms with E-state index in [2.05, 4.69) is 20.8 Å². The molecule has 1 amide bonds. The van der Waals surface area contributed by atoms with Gasteiger partial charge >= 0.3 is 0 Å². The Morgan fingerprint density at radius 3 is 3.00 bits per heavy atom. The lowest BCUT2D eigenvalue weighted by atomic mass is 9.67. The fraction of sp³-hybridized carbons (Fsp3) is 0.471. The predicted octanol–water partition coefficient (Wildman–Crippen LogP) is 3.41. The summed E-state index contributed by atoms with van der Waals surface area (Å²) in [6, 6.07) is 7.98. The highest BCUT2D eigenvalue weighted by atomic mass is 32.2. The lowest BCUT2D eigenvalue weighted by Crippen LogP contribution is -2.44. The third kappa shape index (κ3) is 3.08. The van der Waals surface area contributed by atoms with E-state index in [1.807, 2.05) is 24.3 Å². The van der Waals surface area contributed by atoms with Crippen molar-refractivity contribution in [1.82, 2.24) is 15.5 Å². The summed E-state index contributed by atoms with van der Waals surface area (Å²) >= 11 is 3.11. The van der Waals surface area contributed by atoms with E-state index in [1.165, 1.54) is 17.8 Å². The van der Waals surface area contributed by atoms with Crippen molar-refractivity contribution < 1.29 is 4.79 Å². The molecular formula is C17H20N4OS2. The van der Waals surface area contributed by atoms with Crippen molar-refractivity contribution in [3.05, 3.63) is 29.8 Å². The number of hydrogen-bond donors (Lipinski definition) is 2. The summed E-state index contributed by atoms with van der Waals surface area (Å²) in [6.07, 6.45) is 4.57. The SMILES string of the molecule is O=C(Nc1ccc(Sc2nncs2)cc1)[C@@]12CCCC[C@H]1CNC2. The number of nitrogens with zero attached hydrogens (tertiary/aromatic N) is 2. The third-order valence-electron chi connectivity index (χ3n) is 5.15. The van der Waals surface area contributed by atoms with Crippen molar-refractivity contribution in [1.29, 1.82) is 0 Å². The standard InChI is InChI=1S/C17H20N4OS2/c22-15(17-8-2-1-3-12(17)9-18-10-17)20-13-4-6-14(7-5-13)24-16-21-19-11-23-16/h4-7,11-12,18H,1-3,8-10H2,(H,20,22)/t12-,17+/m0/s1. The molecule has 5 nitrogen and oxygen atoms in total. The molecule has 24 heavy (non-hydrogen) atoms. The number of anilines is 1. The van der Waals surface area contributed by atoms with E-state index in [0.717, 1.165) is 47.3 Å². The smallest absolute Gasteiger partial charge is 0.232 e. The van der Waals surface area contributed by atoms with Crippen molar-refractivity contribution in [3.8, 4) is 0 Å². The van der Waals surface area contributed by atoms with Crippen LogP contribution >= 0.6 is 23.1 Å². The zero-order valence-electron chi connectivity index (χ0n) is 13.3. The molecule has 0 radical (unpaired) electrons. The Kier molecular flexibility index (Phi) is 4.56. The number of fused-ring (bicyclic) bond motifs is 1. The molecule has 2 atom stereocenters. The minimum Gasteiger partial charge on any atom is -0.326 e. The highest BCUT2D eigenvalue weighted by molar-refractivity contribution is 8.01. The van der Waals surface area contributed by atoms with Crippen LogP contribution < -0.4 is 10.6 Å². The fourth-order valence-corrected chi connectivity index (χ4v) is 5.31. The van der Waals surface area contributed by atoms with Gasteiger partial charge in [0.2, 0.25) is 5.91 Å².